The number of likely N-dealkylation sites (tertiary alicyclic amines) is 1. The van der Waals surface area contributed by atoms with Crippen molar-refractivity contribution in [3.8, 4) is 0 Å². The summed E-state index contributed by atoms with van der Waals surface area (Å²) >= 11 is 0. The maximum absolute atomic E-state index is 11.3. The van der Waals surface area contributed by atoms with E-state index in [0.717, 1.165) is 32.0 Å². The Balaban J connectivity index is 1.36. The van der Waals surface area contributed by atoms with Crippen LogP contribution in [0.5, 0.6) is 0 Å². The van der Waals surface area contributed by atoms with Gasteiger partial charge in [-0.15, -0.1) is 0 Å². The second kappa shape index (κ2) is 10.0. The SMILES string of the molecule is COC(=O)CCC1CNCC(CC2CCN(Cc3ccccc3)CC2)N1. The number of rotatable bonds is 7. The average molecular weight is 360 g/mol. The van der Waals surface area contributed by atoms with E-state index in [-0.39, 0.29) is 5.97 Å². The van der Waals surface area contributed by atoms with Gasteiger partial charge < -0.3 is 15.4 Å². The molecule has 3 rings (SSSR count). The van der Waals surface area contributed by atoms with Crippen LogP contribution in [0, 0.1) is 5.92 Å². The first-order valence-electron chi connectivity index (χ1n) is 10.0. The van der Waals surface area contributed by atoms with Crippen LogP contribution in [0.1, 0.15) is 37.7 Å². The predicted octanol–water partition coefficient (Wildman–Crippen LogP) is 2.17. The van der Waals surface area contributed by atoms with Gasteiger partial charge in [0.1, 0.15) is 0 Å². The quantitative estimate of drug-likeness (QED) is 0.731. The van der Waals surface area contributed by atoms with E-state index in [9.17, 15) is 4.79 Å². The molecule has 0 spiro atoms. The lowest BCUT2D eigenvalue weighted by molar-refractivity contribution is -0.140. The Hall–Kier alpha value is -1.43. The van der Waals surface area contributed by atoms with E-state index in [1.165, 1.54) is 45.0 Å². The number of piperazine rings is 1. The van der Waals surface area contributed by atoms with Crippen molar-refractivity contribution in [1.29, 1.82) is 0 Å². The molecule has 2 saturated heterocycles. The van der Waals surface area contributed by atoms with Gasteiger partial charge in [-0.05, 0) is 50.3 Å². The molecule has 5 heteroatoms. The van der Waals surface area contributed by atoms with Crippen molar-refractivity contribution in [3.05, 3.63) is 35.9 Å². The second-order valence-corrected chi connectivity index (χ2v) is 7.77. The normalized spacial score (nSPS) is 25.1. The number of methoxy groups -OCH3 is 1. The first kappa shape index (κ1) is 19.3. The van der Waals surface area contributed by atoms with Crippen molar-refractivity contribution >= 4 is 5.97 Å². The van der Waals surface area contributed by atoms with E-state index in [0.29, 0.717) is 18.5 Å². The fraction of sp³-hybridized carbons (Fsp3) is 0.667. The summed E-state index contributed by atoms with van der Waals surface area (Å²) in [5, 5.41) is 7.28. The van der Waals surface area contributed by atoms with Gasteiger partial charge in [-0.2, -0.15) is 0 Å². The van der Waals surface area contributed by atoms with Crippen LogP contribution >= 0.6 is 0 Å². The number of nitrogens with zero attached hydrogens (tertiary/aromatic N) is 1. The van der Waals surface area contributed by atoms with Gasteiger partial charge in [0.25, 0.3) is 0 Å². The summed E-state index contributed by atoms with van der Waals surface area (Å²) in [5.41, 5.74) is 1.41. The van der Waals surface area contributed by atoms with Crippen LogP contribution in [-0.4, -0.2) is 56.2 Å². The number of hydrogen-bond acceptors (Lipinski definition) is 5. The molecule has 2 atom stereocenters. The van der Waals surface area contributed by atoms with E-state index in [1.807, 2.05) is 0 Å². The van der Waals surface area contributed by atoms with Gasteiger partial charge in [0, 0.05) is 38.1 Å². The molecule has 0 saturated carbocycles. The van der Waals surface area contributed by atoms with E-state index in [1.54, 1.807) is 0 Å². The Bertz CT molecular complexity index is 543. The van der Waals surface area contributed by atoms with Crippen LogP contribution in [-0.2, 0) is 16.1 Å². The fourth-order valence-corrected chi connectivity index (χ4v) is 4.24. The summed E-state index contributed by atoms with van der Waals surface area (Å²) in [6, 6.07) is 11.7. The average Bonchev–Trinajstić information content (AvgIpc) is 2.69. The molecule has 2 unspecified atom stereocenters. The van der Waals surface area contributed by atoms with Gasteiger partial charge in [-0.1, -0.05) is 30.3 Å². The summed E-state index contributed by atoms with van der Waals surface area (Å²) in [6.07, 6.45) is 5.17. The van der Waals surface area contributed by atoms with Gasteiger partial charge in [0.05, 0.1) is 7.11 Å². The molecule has 144 valence electrons. The lowest BCUT2D eigenvalue weighted by atomic mass is 9.89. The van der Waals surface area contributed by atoms with Crippen LogP contribution < -0.4 is 10.6 Å². The zero-order valence-electron chi connectivity index (χ0n) is 16.0. The molecule has 1 aromatic carbocycles. The number of hydrogen-bond donors (Lipinski definition) is 2. The highest BCUT2D eigenvalue weighted by atomic mass is 16.5. The highest BCUT2D eigenvalue weighted by Crippen LogP contribution is 2.24. The third kappa shape index (κ3) is 6.08. The number of ether oxygens (including phenoxy) is 1. The third-order valence-electron chi connectivity index (χ3n) is 5.75. The molecule has 0 amide bonds. The summed E-state index contributed by atoms with van der Waals surface area (Å²) in [5.74, 6) is 0.695. The zero-order valence-corrected chi connectivity index (χ0v) is 16.0. The van der Waals surface area contributed by atoms with Gasteiger partial charge in [-0.3, -0.25) is 9.69 Å². The van der Waals surface area contributed by atoms with Crippen molar-refractivity contribution in [1.82, 2.24) is 15.5 Å². The van der Waals surface area contributed by atoms with Crippen molar-refractivity contribution in [2.75, 3.05) is 33.3 Å². The molecule has 0 aromatic heterocycles. The van der Waals surface area contributed by atoms with E-state index < -0.39 is 0 Å². The Labute approximate surface area is 157 Å². The molecule has 2 aliphatic rings. The van der Waals surface area contributed by atoms with E-state index in [2.05, 4.69) is 45.9 Å². The van der Waals surface area contributed by atoms with E-state index in [4.69, 9.17) is 4.74 Å². The molecular weight excluding hydrogens is 326 g/mol. The van der Waals surface area contributed by atoms with Crippen LogP contribution in [0.3, 0.4) is 0 Å². The molecule has 2 heterocycles. The minimum atomic E-state index is -0.111. The standard InChI is InChI=1S/C21H33N3O2/c1-26-21(25)8-7-19-14-22-15-20(23-19)13-17-9-11-24(12-10-17)16-18-5-3-2-4-6-18/h2-6,17,19-20,22-23H,7-16H2,1H3. The molecule has 0 bridgehead atoms. The topological polar surface area (TPSA) is 53.6 Å². The Morgan fingerprint density at radius 2 is 1.88 bits per heavy atom. The number of benzene rings is 1. The molecule has 2 fully saturated rings. The largest absolute Gasteiger partial charge is 0.469 e. The summed E-state index contributed by atoms with van der Waals surface area (Å²) < 4.78 is 4.75. The molecular formula is C21H33N3O2. The van der Waals surface area contributed by atoms with Crippen molar-refractivity contribution in [2.45, 2.75) is 50.7 Å². The molecule has 0 radical (unpaired) electrons. The number of carbonyl (C=O) groups excluding carboxylic acids is 1. The smallest absolute Gasteiger partial charge is 0.305 e. The Morgan fingerprint density at radius 3 is 2.62 bits per heavy atom. The Morgan fingerprint density at radius 1 is 1.15 bits per heavy atom. The molecule has 0 aliphatic carbocycles. The lowest BCUT2D eigenvalue weighted by Gasteiger charge is -2.37. The maximum Gasteiger partial charge on any atom is 0.305 e. The van der Waals surface area contributed by atoms with Crippen LogP contribution in [0.2, 0.25) is 0 Å². The molecule has 2 N–H and O–H groups in total. The minimum absolute atomic E-state index is 0.111. The van der Waals surface area contributed by atoms with Gasteiger partial charge in [0.2, 0.25) is 0 Å². The van der Waals surface area contributed by atoms with Gasteiger partial charge >= 0.3 is 5.97 Å². The number of carbonyl (C=O) groups is 1. The lowest BCUT2D eigenvalue weighted by Crippen LogP contribution is -2.55. The van der Waals surface area contributed by atoms with E-state index >= 15 is 0 Å². The molecule has 5 nitrogen and oxygen atoms in total. The number of nitrogens with one attached hydrogen (secondary N) is 2. The Kier molecular flexibility index (Phi) is 7.47. The first-order chi connectivity index (χ1) is 12.7. The molecule has 26 heavy (non-hydrogen) atoms. The van der Waals surface area contributed by atoms with Crippen LogP contribution in [0.25, 0.3) is 0 Å². The number of esters is 1. The maximum atomic E-state index is 11.3. The van der Waals surface area contributed by atoms with Crippen molar-refractivity contribution in [2.24, 2.45) is 5.92 Å². The zero-order chi connectivity index (χ0) is 18.2. The van der Waals surface area contributed by atoms with Crippen molar-refractivity contribution < 1.29 is 9.53 Å². The summed E-state index contributed by atoms with van der Waals surface area (Å²) in [4.78, 5) is 13.9. The summed E-state index contributed by atoms with van der Waals surface area (Å²) in [7, 11) is 1.46. The van der Waals surface area contributed by atoms with Crippen LogP contribution in [0.15, 0.2) is 30.3 Å². The van der Waals surface area contributed by atoms with Crippen LogP contribution in [0.4, 0.5) is 0 Å². The highest BCUT2D eigenvalue weighted by Gasteiger charge is 2.26. The molecule has 2 aliphatic heterocycles. The number of piperidine rings is 1. The predicted molar refractivity (Wildman–Crippen MR) is 104 cm³/mol. The molecule has 1 aromatic rings. The van der Waals surface area contributed by atoms with Gasteiger partial charge in [0.15, 0.2) is 0 Å². The van der Waals surface area contributed by atoms with Gasteiger partial charge in [-0.25, -0.2) is 0 Å². The second-order valence-electron chi connectivity index (χ2n) is 7.77. The fourth-order valence-electron chi connectivity index (χ4n) is 4.24. The summed E-state index contributed by atoms with van der Waals surface area (Å²) in [6.45, 7) is 5.46. The highest BCUT2D eigenvalue weighted by molar-refractivity contribution is 5.69. The third-order valence-corrected chi connectivity index (χ3v) is 5.75. The minimum Gasteiger partial charge on any atom is -0.469 e. The van der Waals surface area contributed by atoms with Crippen molar-refractivity contribution in [3.63, 3.8) is 0 Å². The monoisotopic (exact) mass is 359 g/mol. The first-order valence-corrected chi connectivity index (χ1v) is 10.0.